The Labute approximate surface area is 166 Å². The molecule has 2 bridgehead atoms. The van der Waals surface area contributed by atoms with E-state index in [4.69, 9.17) is 0 Å². The number of rotatable bonds is 4. The molecule has 0 amide bonds. The Hall–Kier alpha value is -2.74. The van der Waals surface area contributed by atoms with Crippen LogP contribution < -0.4 is 0 Å². The average Bonchev–Trinajstić information content (AvgIpc) is 3.34. The van der Waals surface area contributed by atoms with Gasteiger partial charge >= 0.3 is 0 Å². The standard InChI is InChI=1S/C26H26O2/c27-22-12-8-18(9-13-22)24(19-10-14-23(28)15-11-19)26-21-7-6-20(16-21)25(26)17-4-2-1-3-5-17/h1-5,8-15,20-21,24-28H,6-7,16H2. The van der Waals surface area contributed by atoms with Crippen LogP contribution in [0.4, 0.5) is 0 Å². The van der Waals surface area contributed by atoms with E-state index >= 15 is 0 Å². The Morgan fingerprint density at radius 2 is 1.18 bits per heavy atom. The van der Waals surface area contributed by atoms with E-state index in [2.05, 4.69) is 54.6 Å². The van der Waals surface area contributed by atoms with Crippen molar-refractivity contribution in [2.75, 3.05) is 0 Å². The molecule has 0 radical (unpaired) electrons. The third-order valence-electron chi connectivity index (χ3n) is 7.05. The topological polar surface area (TPSA) is 40.5 Å². The van der Waals surface area contributed by atoms with Crippen molar-refractivity contribution in [2.24, 2.45) is 17.8 Å². The van der Waals surface area contributed by atoms with E-state index in [0.717, 1.165) is 11.8 Å². The molecule has 4 atom stereocenters. The summed E-state index contributed by atoms with van der Waals surface area (Å²) in [5.74, 6) is 3.46. The van der Waals surface area contributed by atoms with Gasteiger partial charge in [0.15, 0.2) is 0 Å². The summed E-state index contributed by atoms with van der Waals surface area (Å²) in [6.45, 7) is 0. The maximum atomic E-state index is 9.81. The maximum Gasteiger partial charge on any atom is 0.115 e. The molecule has 0 aromatic heterocycles. The van der Waals surface area contributed by atoms with Gasteiger partial charge in [-0.05, 0) is 83.9 Å². The number of fused-ring (bicyclic) bond motifs is 2. The van der Waals surface area contributed by atoms with Crippen LogP contribution in [0.15, 0.2) is 78.9 Å². The predicted octanol–water partition coefficient (Wildman–Crippen LogP) is 6.06. The second-order valence-corrected chi connectivity index (χ2v) is 8.51. The Bertz CT molecular complexity index is 885. The van der Waals surface area contributed by atoms with E-state index in [1.165, 1.54) is 36.0 Å². The van der Waals surface area contributed by atoms with Crippen molar-refractivity contribution in [2.45, 2.75) is 31.1 Å². The molecule has 3 aromatic rings. The van der Waals surface area contributed by atoms with Crippen LogP contribution in [0, 0.1) is 17.8 Å². The van der Waals surface area contributed by atoms with Gasteiger partial charge in [-0.3, -0.25) is 0 Å². The largest absolute Gasteiger partial charge is 0.508 e. The lowest BCUT2D eigenvalue weighted by molar-refractivity contribution is 0.261. The molecule has 28 heavy (non-hydrogen) atoms. The molecule has 2 heteroatoms. The van der Waals surface area contributed by atoms with Gasteiger partial charge in [0.1, 0.15) is 11.5 Å². The van der Waals surface area contributed by atoms with Crippen LogP contribution in [0.1, 0.15) is 47.8 Å². The molecular formula is C26H26O2. The second kappa shape index (κ2) is 7.01. The number of aromatic hydroxyl groups is 2. The molecule has 142 valence electrons. The summed E-state index contributed by atoms with van der Waals surface area (Å²) in [4.78, 5) is 0. The van der Waals surface area contributed by atoms with Crippen LogP contribution >= 0.6 is 0 Å². The monoisotopic (exact) mass is 370 g/mol. The van der Waals surface area contributed by atoms with Crippen LogP contribution in [0.5, 0.6) is 11.5 Å². The molecule has 0 aliphatic heterocycles. The Morgan fingerprint density at radius 3 is 1.75 bits per heavy atom. The highest BCUT2D eigenvalue weighted by Crippen LogP contribution is 2.61. The molecule has 4 unspecified atom stereocenters. The van der Waals surface area contributed by atoms with E-state index in [0.29, 0.717) is 23.3 Å². The molecule has 3 aromatic carbocycles. The Balaban J connectivity index is 1.63. The van der Waals surface area contributed by atoms with Crippen molar-refractivity contribution in [3.8, 4) is 11.5 Å². The number of phenols is 2. The summed E-state index contributed by atoms with van der Waals surface area (Å²) in [6.07, 6.45) is 3.96. The lowest BCUT2D eigenvalue weighted by Gasteiger charge is -2.38. The van der Waals surface area contributed by atoms with Crippen molar-refractivity contribution < 1.29 is 10.2 Å². The molecule has 0 spiro atoms. The fourth-order valence-corrected chi connectivity index (χ4v) is 5.99. The average molecular weight is 370 g/mol. The second-order valence-electron chi connectivity index (χ2n) is 8.51. The Morgan fingerprint density at radius 1 is 0.643 bits per heavy atom. The highest BCUT2D eigenvalue weighted by molar-refractivity contribution is 5.41. The van der Waals surface area contributed by atoms with Crippen molar-refractivity contribution in [3.63, 3.8) is 0 Å². The van der Waals surface area contributed by atoms with E-state index in [-0.39, 0.29) is 5.92 Å². The smallest absolute Gasteiger partial charge is 0.115 e. The first-order valence-corrected chi connectivity index (χ1v) is 10.3. The summed E-state index contributed by atoms with van der Waals surface area (Å²) < 4.78 is 0. The summed E-state index contributed by atoms with van der Waals surface area (Å²) in [5, 5.41) is 19.6. The van der Waals surface area contributed by atoms with Crippen LogP contribution in [0.3, 0.4) is 0 Å². The normalized spacial score (nSPS) is 26.0. The lowest BCUT2D eigenvalue weighted by atomic mass is 9.66. The zero-order chi connectivity index (χ0) is 19.1. The van der Waals surface area contributed by atoms with Crippen LogP contribution in [-0.2, 0) is 0 Å². The molecule has 2 N–H and O–H groups in total. The molecule has 2 fully saturated rings. The van der Waals surface area contributed by atoms with Gasteiger partial charge < -0.3 is 10.2 Å². The molecule has 2 aliphatic carbocycles. The van der Waals surface area contributed by atoms with Gasteiger partial charge in [-0.15, -0.1) is 0 Å². The zero-order valence-electron chi connectivity index (χ0n) is 15.9. The Kier molecular flexibility index (Phi) is 4.35. The summed E-state index contributed by atoms with van der Waals surface area (Å²) in [6, 6.07) is 26.5. The third kappa shape index (κ3) is 2.97. The SMILES string of the molecule is Oc1ccc(C(c2ccc(O)cc2)C2C3CCC(C3)C2c2ccccc2)cc1. The summed E-state index contributed by atoms with van der Waals surface area (Å²) >= 11 is 0. The first kappa shape index (κ1) is 17.4. The van der Waals surface area contributed by atoms with Gasteiger partial charge in [0.25, 0.3) is 0 Å². The molecule has 0 saturated heterocycles. The van der Waals surface area contributed by atoms with E-state index in [1.54, 1.807) is 24.3 Å². The number of benzene rings is 3. The van der Waals surface area contributed by atoms with Gasteiger partial charge in [0.2, 0.25) is 0 Å². The first-order valence-electron chi connectivity index (χ1n) is 10.3. The van der Waals surface area contributed by atoms with Gasteiger partial charge in [-0.1, -0.05) is 54.6 Å². The molecule has 2 nitrogen and oxygen atoms in total. The molecule has 2 saturated carbocycles. The minimum atomic E-state index is 0.265. The maximum absolute atomic E-state index is 9.81. The van der Waals surface area contributed by atoms with E-state index in [1.807, 2.05) is 0 Å². The van der Waals surface area contributed by atoms with Crippen molar-refractivity contribution in [3.05, 3.63) is 95.6 Å². The molecule has 0 heterocycles. The number of phenolic OH excluding ortho intramolecular Hbond substituents is 2. The van der Waals surface area contributed by atoms with Gasteiger partial charge in [-0.2, -0.15) is 0 Å². The van der Waals surface area contributed by atoms with Gasteiger partial charge in [0, 0.05) is 5.92 Å². The number of hydrogen-bond acceptors (Lipinski definition) is 2. The van der Waals surface area contributed by atoms with Crippen molar-refractivity contribution in [1.29, 1.82) is 0 Å². The van der Waals surface area contributed by atoms with Crippen LogP contribution in [-0.4, -0.2) is 10.2 Å². The lowest BCUT2D eigenvalue weighted by Crippen LogP contribution is -2.27. The fourth-order valence-electron chi connectivity index (χ4n) is 5.99. The van der Waals surface area contributed by atoms with Crippen molar-refractivity contribution >= 4 is 0 Å². The first-order chi connectivity index (χ1) is 13.7. The molecule has 5 rings (SSSR count). The molecular weight excluding hydrogens is 344 g/mol. The quantitative estimate of drug-likeness (QED) is 0.586. The van der Waals surface area contributed by atoms with Crippen LogP contribution in [0.2, 0.25) is 0 Å². The van der Waals surface area contributed by atoms with E-state index in [9.17, 15) is 10.2 Å². The zero-order valence-corrected chi connectivity index (χ0v) is 15.9. The fraction of sp³-hybridized carbons (Fsp3) is 0.308. The number of hydrogen-bond donors (Lipinski definition) is 2. The summed E-state index contributed by atoms with van der Waals surface area (Å²) in [7, 11) is 0. The highest BCUT2D eigenvalue weighted by atomic mass is 16.3. The summed E-state index contributed by atoms with van der Waals surface area (Å²) in [5.41, 5.74) is 3.96. The minimum absolute atomic E-state index is 0.265. The predicted molar refractivity (Wildman–Crippen MR) is 112 cm³/mol. The van der Waals surface area contributed by atoms with Gasteiger partial charge in [0.05, 0.1) is 0 Å². The third-order valence-corrected chi connectivity index (χ3v) is 7.05. The van der Waals surface area contributed by atoms with E-state index < -0.39 is 0 Å². The van der Waals surface area contributed by atoms with Crippen molar-refractivity contribution in [1.82, 2.24) is 0 Å². The minimum Gasteiger partial charge on any atom is -0.508 e. The highest BCUT2D eigenvalue weighted by Gasteiger charge is 2.51. The van der Waals surface area contributed by atoms with Crippen LogP contribution in [0.25, 0.3) is 0 Å². The van der Waals surface area contributed by atoms with Gasteiger partial charge in [-0.25, -0.2) is 0 Å². The molecule has 2 aliphatic rings.